The number of nitrogens with two attached hydrogens (primary N) is 1. The third-order valence-electron chi connectivity index (χ3n) is 5.36. The van der Waals surface area contributed by atoms with Gasteiger partial charge in [0.15, 0.2) is 17.3 Å². The standard InChI is InChI=1S/C20H26FN3O2/c21-17-4-3-5-18-20(17)26-16(14-25-18)13-23-10-7-15(8-11-23)12-24-9-2-1-6-19(24)22/h1-6,9,15-16,19H,7-8,10-14,22H2. The number of hydrogen-bond acceptors (Lipinski definition) is 5. The maximum absolute atomic E-state index is 13.9. The smallest absolute Gasteiger partial charge is 0.197 e. The average molecular weight is 359 g/mol. The van der Waals surface area contributed by atoms with Gasteiger partial charge in [-0.05, 0) is 56.1 Å². The molecule has 1 saturated heterocycles. The van der Waals surface area contributed by atoms with Gasteiger partial charge < -0.3 is 20.1 Å². The van der Waals surface area contributed by atoms with Crippen molar-refractivity contribution in [2.24, 2.45) is 11.7 Å². The van der Waals surface area contributed by atoms with E-state index >= 15 is 0 Å². The van der Waals surface area contributed by atoms with Crippen LogP contribution in [0.25, 0.3) is 0 Å². The van der Waals surface area contributed by atoms with Gasteiger partial charge >= 0.3 is 0 Å². The lowest BCUT2D eigenvalue weighted by Crippen LogP contribution is -2.46. The van der Waals surface area contributed by atoms with E-state index in [-0.39, 0.29) is 23.8 Å². The molecule has 26 heavy (non-hydrogen) atoms. The quantitative estimate of drug-likeness (QED) is 0.894. The lowest BCUT2D eigenvalue weighted by molar-refractivity contribution is 0.0421. The molecule has 0 aromatic heterocycles. The number of allylic oxidation sites excluding steroid dienone is 2. The van der Waals surface area contributed by atoms with Gasteiger partial charge in [0.05, 0.1) is 6.17 Å². The molecule has 6 heteroatoms. The Morgan fingerprint density at radius 1 is 1.15 bits per heavy atom. The molecule has 0 aliphatic carbocycles. The molecule has 0 spiro atoms. The number of likely N-dealkylation sites (tertiary alicyclic amines) is 1. The number of fused-ring (bicyclic) bond motifs is 1. The van der Waals surface area contributed by atoms with Crippen LogP contribution in [0.4, 0.5) is 4.39 Å². The summed E-state index contributed by atoms with van der Waals surface area (Å²) in [6, 6.07) is 4.79. The van der Waals surface area contributed by atoms with E-state index in [1.807, 2.05) is 18.2 Å². The minimum absolute atomic E-state index is 0.0132. The number of hydrogen-bond donors (Lipinski definition) is 1. The van der Waals surface area contributed by atoms with E-state index in [4.69, 9.17) is 15.2 Å². The molecule has 2 unspecified atom stereocenters. The molecule has 3 aliphatic rings. The molecule has 1 aromatic carbocycles. The van der Waals surface area contributed by atoms with Crippen molar-refractivity contribution < 1.29 is 13.9 Å². The second-order valence-corrected chi connectivity index (χ2v) is 7.28. The summed E-state index contributed by atoms with van der Waals surface area (Å²) in [4.78, 5) is 4.60. The van der Waals surface area contributed by atoms with E-state index in [1.54, 1.807) is 12.1 Å². The molecule has 0 bridgehead atoms. The number of ether oxygens (including phenoxy) is 2. The second-order valence-electron chi connectivity index (χ2n) is 7.28. The first-order valence-corrected chi connectivity index (χ1v) is 9.35. The van der Waals surface area contributed by atoms with Crippen LogP contribution in [0.15, 0.2) is 42.6 Å². The van der Waals surface area contributed by atoms with Gasteiger partial charge in [0.1, 0.15) is 12.7 Å². The molecule has 3 aliphatic heterocycles. The largest absolute Gasteiger partial charge is 0.486 e. The number of benzene rings is 1. The van der Waals surface area contributed by atoms with Crippen LogP contribution in [-0.4, -0.2) is 54.9 Å². The summed E-state index contributed by atoms with van der Waals surface area (Å²) in [5.74, 6) is 1.04. The van der Waals surface area contributed by atoms with Crippen molar-refractivity contribution in [2.75, 3.05) is 32.8 Å². The van der Waals surface area contributed by atoms with Gasteiger partial charge in [-0.2, -0.15) is 0 Å². The van der Waals surface area contributed by atoms with Crippen LogP contribution in [0.1, 0.15) is 12.8 Å². The first-order valence-electron chi connectivity index (χ1n) is 9.35. The highest BCUT2D eigenvalue weighted by Gasteiger charge is 2.28. The first-order chi connectivity index (χ1) is 12.7. The first kappa shape index (κ1) is 17.4. The van der Waals surface area contributed by atoms with Crippen molar-refractivity contribution in [1.29, 1.82) is 0 Å². The van der Waals surface area contributed by atoms with E-state index < -0.39 is 0 Å². The van der Waals surface area contributed by atoms with Crippen LogP contribution in [-0.2, 0) is 0 Å². The Balaban J connectivity index is 1.25. The Morgan fingerprint density at radius 3 is 2.81 bits per heavy atom. The molecular formula is C20H26FN3O2. The highest BCUT2D eigenvalue weighted by Crippen LogP contribution is 2.34. The van der Waals surface area contributed by atoms with E-state index in [0.717, 1.165) is 39.0 Å². The molecule has 0 radical (unpaired) electrons. The Kier molecular flexibility index (Phi) is 5.13. The van der Waals surface area contributed by atoms with Crippen LogP contribution < -0.4 is 15.2 Å². The Labute approximate surface area is 153 Å². The van der Waals surface area contributed by atoms with Crippen molar-refractivity contribution in [3.63, 3.8) is 0 Å². The zero-order valence-electron chi connectivity index (χ0n) is 14.9. The minimum atomic E-state index is -0.356. The zero-order valence-corrected chi connectivity index (χ0v) is 14.9. The maximum atomic E-state index is 13.9. The summed E-state index contributed by atoms with van der Waals surface area (Å²) in [5, 5.41) is 0. The number of halogens is 1. The third-order valence-corrected chi connectivity index (χ3v) is 5.36. The SMILES string of the molecule is NC1C=CC=CN1CC1CCN(CC2COc3cccc(F)c3O2)CC1. The van der Waals surface area contributed by atoms with Crippen molar-refractivity contribution >= 4 is 0 Å². The fourth-order valence-electron chi connectivity index (χ4n) is 3.86. The summed E-state index contributed by atoms with van der Waals surface area (Å²) < 4.78 is 25.4. The number of rotatable bonds is 4. The predicted molar refractivity (Wildman–Crippen MR) is 98.4 cm³/mol. The summed E-state index contributed by atoms with van der Waals surface area (Å²) >= 11 is 0. The summed E-state index contributed by atoms with van der Waals surface area (Å²) in [5.41, 5.74) is 6.11. The number of para-hydroxylation sites is 1. The molecule has 1 fully saturated rings. The van der Waals surface area contributed by atoms with E-state index in [2.05, 4.69) is 16.0 Å². The van der Waals surface area contributed by atoms with Crippen molar-refractivity contribution in [3.05, 3.63) is 48.4 Å². The Hall–Kier alpha value is -2.05. The average Bonchev–Trinajstić information content (AvgIpc) is 2.66. The van der Waals surface area contributed by atoms with Crippen molar-refractivity contribution in [1.82, 2.24) is 9.80 Å². The number of nitrogens with zero attached hydrogens (tertiary/aromatic N) is 2. The van der Waals surface area contributed by atoms with Gasteiger partial charge in [-0.25, -0.2) is 4.39 Å². The molecular weight excluding hydrogens is 333 g/mol. The minimum Gasteiger partial charge on any atom is -0.486 e. The van der Waals surface area contributed by atoms with Crippen LogP contribution in [0, 0.1) is 11.7 Å². The van der Waals surface area contributed by atoms with Gasteiger partial charge in [-0.1, -0.05) is 12.1 Å². The topological polar surface area (TPSA) is 51.0 Å². The zero-order chi connectivity index (χ0) is 17.9. The second kappa shape index (κ2) is 7.68. The monoisotopic (exact) mass is 359 g/mol. The maximum Gasteiger partial charge on any atom is 0.197 e. The van der Waals surface area contributed by atoms with Gasteiger partial charge in [0, 0.05) is 19.3 Å². The van der Waals surface area contributed by atoms with E-state index in [9.17, 15) is 4.39 Å². The van der Waals surface area contributed by atoms with Crippen molar-refractivity contribution in [3.8, 4) is 11.5 Å². The van der Waals surface area contributed by atoms with Crippen LogP contribution in [0.3, 0.4) is 0 Å². The molecule has 4 rings (SSSR count). The highest BCUT2D eigenvalue weighted by atomic mass is 19.1. The molecule has 2 atom stereocenters. The third kappa shape index (κ3) is 3.86. The molecule has 0 saturated carbocycles. The van der Waals surface area contributed by atoms with Crippen LogP contribution in [0.5, 0.6) is 11.5 Å². The summed E-state index contributed by atoms with van der Waals surface area (Å²) in [6.07, 6.45) is 10.3. The lowest BCUT2D eigenvalue weighted by Gasteiger charge is -2.38. The predicted octanol–water partition coefficient (Wildman–Crippen LogP) is 2.35. The Morgan fingerprint density at radius 2 is 2.00 bits per heavy atom. The molecule has 140 valence electrons. The molecule has 3 heterocycles. The van der Waals surface area contributed by atoms with E-state index in [0.29, 0.717) is 18.3 Å². The normalized spacial score (nSPS) is 26.3. The fraction of sp³-hybridized carbons (Fsp3) is 0.500. The fourth-order valence-corrected chi connectivity index (χ4v) is 3.86. The molecule has 2 N–H and O–H groups in total. The Bertz CT molecular complexity index is 686. The van der Waals surface area contributed by atoms with Gasteiger partial charge in [-0.3, -0.25) is 4.90 Å². The summed E-state index contributed by atoms with van der Waals surface area (Å²) in [7, 11) is 0. The van der Waals surface area contributed by atoms with Gasteiger partial charge in [-0.15, -0.1) is 0 Å². The van der Waals surface area contributed by atoms with E-state index in [1.165, 1.54) is 6.07 Å². The van der Waals surface area contributed by atoms with Crippen molar-refractivity contribution in [2.45, 2.75) is 25.1 Å². The molecule has 0 amide bonds. The number of piperidine rings is 1. The summed E-state index contributed by atoms with van der Waals surface area (Å²) in [6.45, 7) is 4.29. The molecule has 5 nitrogen and oxygen atoms in total. The highest BCUT2D eigenvalue weighted by molar-refractivity contribution is 5.42. The lowest BCUT2D eigenvalue weighted by atomic mass is 9.95. The van der Waals surface area contributed by atoms with Gasteiger partial charge in [0.2, 0.25) is 0 Å². The van der Waals surface area contributed by atoms with Gasteiger partial charge in [0.25, 0.3) is 0 Å². The van der Waals surface area contributed by atoms with Crippen LogP contribution in [0.2, 0.25) is 0 Å². The molecule has 1 aromatic rings. The van der Waals surface area contributed by atoms with Crippen LogP contribution >= 0.6 is 0 Å².